The first-order valence-corrected chi connectivity index (χ1v) is 13.0. The van der Waals surface area contributed by atoms with Crippen molar-refractivity contribution in [2.45, 2.75) is 64.0 Å². The van der Waals surface area contributed by atoms with E-state index in [1.165, 1.54) is 30.5 Å². The third-order valence-electron chi connectivity index (χ3n) is 4.58. The summed E-state index contributed by atoms with van der Waals surface area (Å²) in [4.78, 5) is 23.6. The van der Waals surface area contributed by atoms with Crippen molar-refractivity contribution in [3.63, 3.8) is 0 Å². The zero-order valence-electron chi connectivity index (χ0n) is 18.7. The second-order valence-electron chi connectivity index (χ2n) is 8.84. The van der Waals surface area contributed by atoms with Gasteiger partial charge in [0.15, 0.2) is 9.84 Å². The topological polar surface area (TPSA) is 125 Å². The fourth-order valence-electron chi connectivity index (χ4n) is 2.60. The van der Waals surface area contributed by atoms with Crippen LogP contribution in [0.25, 0.3) is 11.1 Å². The molecule has 1 heterocycles. The van der Waals surface area contributed by atoms with Gasteiger partial charge in [-0.3, -0.25) is 14.2 Å². The smallest absolute Gasteiger partial charge is 0.397 e. The molecule has 31 heavy (non-hydrogen) atoms. The molecule has 0 aliphatic heterocycles. The van der Waals surface area contributed by atoms with Gasteiger partial charge in [0, 0.05) is 6.26 Å². The van der Waals surface area contributed by atoms with Gasteiger partial charge in [-0.1, -0.05) is 19.1 Å². The van der Waals surface area contributed by atoms with Crippen LogP contribution in [0.15, 0.2) is 40.2 Å². The van der Waals surface area contributed by atoms with Gasteiger partial charge in [-0.25, -0.2) is 17.7 Å². The highest BCUT2D eigenvalue weighted by Gasteiger charge is 2.35. The van der Waals surface area contributed by atoms with Crippen LogP contribution in [0.5, 0.6) is 5.75 Å². The molecular formula is C20H29N2O7PS. The molecule has 0 fully saturated rings. The van der Waals surface area contributed by atoms with Gasteiger partial charge in [-0.15, -0.1) is 0 Å². The number of phosphoric acid groups is 1. The van der Waals surface area contributed by atoms with E-state index in [9.17, 15) is 22.7 Å². The van der Waals surface area contributed by atoms with Gasteiger partial charge in [0.2, 0.25) is 5.75 Å². The zero-order chi connectivity index (χ0) is 23.8. The lowest BCUT2D eigenvalue weighted by molar-refractivity contribution is 0.0650. The van der Waals surface area contributed by atoms with E-state index in [4.69, 9.17) is 9.05 Å². The molecule has 1 aromatic heterocycles. The Labute approximate surface area is 182 Å². The normalized spacial score (nSPS) is 14.8. The summed E-state index contributed by atoms with van der Waals surface area (Å²) in [6.45, 7) is 10.3. The maximum atomic E-state index is 13.1. The monoisotopic (exact) mass is 472 g/mol. The van der Waals surface area contributed by atoms with Crippen LogP contribution in [-0.2, 0) is 24.5 Å². The highest BCUT2D eigenvalue weighted by Crippen LogP contribution is 2.49. The molecule has 2 aromatic rings. The Morgan fingerprint density at radius 2 is 1.68 bits per heavy atom. The number of nitrogens with zero attached hydrogens (tertiary/aromatic N) is 2. The summed E-state index contributed by atoms with van der Waals surface area (Å²) in [7, 11) is -8.09. The van der Waals surface area contributed by atoms with Crippen LogP contribution in [-0.4, -0.2) is 34.9 Å². The summed E-state index contributed by atoms with van der Waals surface area (Å²) in [6.07, 6.45) is 2.85. The molecule has 1 atom stereocenters. The van der Waals surface area contributed by atoms with Crippen molar-refractivity contribution in [1.82, 2.24) is 9.78 Å². The van der Waals surface area contributed by atoms with Crippen molar-refractivity contribution in [1.29, 1.82) is 0 Å². The number of rotatable bonds is 7. The molecule has 2 rings (SSSR count). The zero-order valence-corrected chi connectivity index (χ0v) is 20.5. The van der Waals surface area contributed by atoms with Gasteiger partial charge in [-0.2, -0.15) is 5.10 Å². The molecule has 1 N–H and O–H groups in total. The predicted octanol–water partition coefficient (Wildman–Crippen LogP) is 3.75. The highest BCUT2D eigenvalue weighted by molar-refractivity contribution is 7.90. The number of hydrogen-bond acceptors (Lipinski definition) is 7. The fourth-order valence-corrected chi connectivity index (χ4v) is 4.43. The quantitative estimate of drug-likeness (QED) is 0.604. The second kappa shape index (κ2) is 8.50. The Balaban J connectivity index is 2.66. The van der Waals surface area contributed by atoms with Crippen LogP contribution in [0, 0.1) is 0 Å². The fraction of sp³-hybridized carbons (Fsp3) is 0.500. The SMILES string of the molecule is CCC(C)(C)OP(=O)(O)Oc1c(-c2ccc(S(C)(=O)=O)cc2)cnn(C(C)(C)C)c1=O. The molecule has 0 amide bonds. The van der Waals surface area contributed by atoms with Gasteiger partial charge in [0.05, 0.1) is 27.8 Å². The minimum Gasteiger partial charge on any atom is -0.397 e. The van der Waals surface area contributed by atoms with E-state index in [1.807, 2.05) is 0 Å². The molecule has 0 aliphatic carbocycles. The van der Waals surface area contributed by atoms with Gasteiger partial charge in [0.25, 0.3) is 0 Å². The molecule has 9 nitrogen and oxygen atoms in total. The van der Waals surface area contributed by atoms with E-state index in [0.717, 1.165) is 10.9 Å². The Bertz CT molecular complexity index is 1160. The lowest BCUT2D eigenvalue weighted by Crippen LogP contribution is -2.36. The molecule has 1 aromatic carbocycles. The summed E-state index contributed by atoms with van der Waals surface area (Å²) in [5.41, 5.74) is -1.88. The molecule has 0 saturated carbocycles. The largest absolute Gasteiger partial charge is 0.528 e. The van der Waals surface area contributed by atoms with Crippen molar-refractivity contribution in [2.75, 3.05) is 6.26 Å². The molecule has 11 heteroatoms. The minimum atomic E-state index is -4.67. The maximum Gasteiger partial charge on any atom is 0.528 e. The average Bonchev–Trinajstić information content (AvgIpc) is 2.60. The Morgan fingerprint density at radius 1 is 1.13 bits per heavy atom. The van der Waals surface area contributed by atoms with Crippen LogP contribution >= 0.6 is 7.82 Å². The average molecular weight is 473 g/mol. The third-order valence-corrected chi connectivity index (χ3v) is 6.85. The van der Waals surface area contributed by atoms with Crippen molar-refractivity contribution < 1.29 is 26.9 Å². The molecule has 0 radical (unpaired) electrons. The van der Waals surface area contributed by atoms with E-state index in [0.29, 0.717) is 12.0 Å². The van der Waals surface area contributed by atoms with Crippen LogP contribution in [0.2, 0.25) is 0 Å². The second-order valence-corrected chi connectivity index (χ2v) is 12.2. The summed E-state index contributed by atoms with van der Waals surface area (Å²) in [5.74, 6) is -0.408. The summed E-state index contributed by atoms with van der Waals surface area (Å²) < 4.78 is 47.8. The van der Waals surface area contributed by atoms with Crippen LogP contribution in [0.3, 0.4) is 0 Å². The number of hydrogen-bond donors (Lipinski definition) is 1. The molecule has 0 saturated heterocycles. The molecule has 0 bridgehead atoms. The minimum absolute atomic E-state index is 0.0931. The van der Waals surface area contributed by atoms with E-state index in [1.54, 1.807) is 41.5 Å². The maximum absolute atomic E-state index is 13.1. The first-order valence-electron chi connectivity index (χ1n) is 9.63. The predicted molar refractivity (Wildman–Crippen MR) is 118 cm³/mol. The Hall–Kier alpha value is -2.00. The summed E-state index contributed by atoms with van der Waals surface area (Å²) >= 11 is 0. The Morgan fingerprint density at radius 3 is 2.13 bits per heavy atom. The lowest BCUT2D eigenvalue weighted by atomic mass is 10.1. The van der Waals surface area contributed by atoms with Gasteiger partial charge in [0.1, 0.15) is 0 Å². The standard InChI is InChI=1S/C20H29N2O7PS/c1-8-20(5,6)29-30(24,25)28-17-16(13-21-22(18(17)23)19(2,3)4)14-9-11-15(12-10-14)31(7,26)27/h9-13H,8H2,1-7H3,(H,24,25). The van der Waals surface area contributed by atoms with Crippen LogP contribution in [0.1, 0.15) is 48.0 Å². The van der Waals surface area contributed by atoms with E-state index >= 15 is 0 Å². The summed E-state index contributed by atoms with van der Waals surface area (Å²) in [5, 5.41) is 4.17. The number of sulfone groups is 1. The number of benzene rings is 1. The lowest BCUT2D eigenvalue weighted by Gasteiger charge is -2.27. The number of aromatic nitrogens is 2. The molecule has 0 spiro atoms. The van der Waals surface area contributed by atoms with E-state index in [-0.39, 0.29) is 10.5 Å². The first kappa shape index (κ1) is 25.3. The van der Waals surface area contributed by atoms with Crippen LogP contribution < -0.4 is 10.1 Å². The molecule has 172 valence electrons. The van der Waals surface area contributed by atoms with Gasteiger partial charge in [-0.05, 0) is 58.7 Å². The van der Waals surface area contributed by atoms with Crippen molar-refractivity contribution in [3.8, 4) is 16.9 Å². The van der Waals surface area contributed by atoms with Crippen molar-refractivity contribution in [2.24, 2.45) is 0 Å². The highest BCUT2D eigenvalue weighted by atomic mass is 32.2. The van der Waals surface area contributed by atoms with Crippen LogP contribution in [0.4, 0.5) is 0 Å². The third kappa shape index (κ3) is 6.26. The molecule has 0 aliphatic rings. The van der Waals surface area contributed by atoms with Crippen molar-refractivity contribution in [3.05, 3.63) is 40.8 Å². The molecular weight excluding hydrogens is 443 g/mol. The van der Waals surface area contributed by atoms with Gasteiger partial charge < -0.3 is 4.52 Å². The van der Waals surface area contributed by atoms with E-state index < -0.39 is 40.1 Å². The number of phosphoric ester groups is 1. The van der Waals surface area contributed by atoms with Gasteiger partial charge >= 0.3 is 13.4 Å². The van der Waals surface area contributed by atoms with Crippen molar-refractivity contribution >= 4 is 17.7 Å². The first-order chi connectivity index (χ1) is 14.0. The Kier molecular flexibility index (Phi) is 6.93. The molecule has 1 unspecified atom stereocenters. The van der Waals surface area contributed by atoms with E-state index in [2.05, 4.69) is 5.10 Å². The summed E-state index contributed by atoms with van der Waals surface area (Å²) in [6, 6.07) is 5.69.